The molecule has 0 radical (unpaired) electrons. The molecule has 0 bridgehead atoms. The van der Waals surface area contributed by atoms with E-state index in [9.17, 15) is 9.59 Å². The van der Waals surface area contributed by atoms with E-state index in [0.717, 1.165) is 12.8 Å². The summed E-state index contributed by atoms with van der Waals surface area (Å²) in [6.45, 7) is 2.21. The Bertz CT molecular complexity index is 260. The van der Waals surface area contributed by atoms with Gasteiger partial charge in [-0.15, -0.1) is 0 Å². The molecule has 1 heterocycles. The molecule has 1 saturated carbocycles. The van der Waals surface area contributed by atoms with E-state index in [1.807, 2.05) is 6.92 Å². The molecule has 0 aromatic carbocycles. The van der Waals surface area contributed by atoms with E-state index >= 15 is 0 Å². The fourth-order valence-electron chi connectivity index (χ4n) is 1.83. The van der Waals surface area contributed by atoms with Crippen LogP contribution in [-0.4, -0.2) is 41.4 Å². The van der Waals surface area contributed by atoms with Crippen molar-refractivity contribution < 1.29 is 9.59 Å². The topological polar surface area (TPSA) is 40.6 Å². The van der Waals surface area contributed by atoms with Crippen LogP contribution >= 0.6 is 0 Å². The zero-order chi connectivity index (χ0) is 9.59. The molecule has 4 nitrogen and oxygen atoms in total. The van der Waals surface area contributed by atoms with Crippen LogP contribution in [0, 0.1) is 5.92 Å². The molecule has 4 heteroatoms. The largest absolute Gasteiger partial charge is 0.327 e. The second-order valence-electron chi connectivity index (χ2n) is 3.98. The number of imide groups is 1. The molecule has 1 atom stereocenters. The van der Waals surface area contributed by atoms with Crippen molar-refractivity contribution in [2.24, 2.45) is 5.92 Å². The number of hydrogen-bond donors (Lipinski definition) is 0. The molecule has 0 aromatic rings. The maximum Gasteiger partial charge on any atom is 0.327 e. The van der Waals surface area contributed by atoms with Gasteiger partial charge in [0.1, 0.15) is 6.54 Å². The first-order valence-electron chi connectivity index (χ1n) is 4.68. The smallest absolute Gasteiger partial charge is 0.318 e. The van der Waals surface area contributed by atoms with Crippen LogP contribution in [0.25, 0.3) is 0 Å². The number of rotatable bonds is 2. The summed E-state index contributed by atoms with van der Waals surface area (Å²) in [5, 5.41) is 0. The molecule has 2 rings (SSSR count). The van der Waals surface area contributed by atoms with Crippen LogP contribution in [0.15, 0.2) is 0 Å². The third kappa shape index (κ3) is 1.30. The summed E-state index contributed by atoms with van der Waals surface area (Å²) in [4.78, 5) is 25.8. The number of likely N-dealkylation sites (N-methyl/N-ethyl adjacent to an activating group) is 1. The lowest BCUT2D eigenvalue weighted by Crippen LogP contribution is -2.40. The van der Waals surface area contributed by atoms with Gasteiger partial charge in [-0.2, -0.15) is 0 Å². The van der Waals surface area contributed by atoms with Crippen LogP contribution in [-0.2, 0) is 4.79 Å². The van der Waals surface area contributed by atoms with Crippen molar-refractivity contribution in [1.29, 1.82) is 0 Å². The Hall–Kier alpha value is -1.06. The highest BCUT2D eigenvalue weighted by Crippen LogP contribution is 2.36. The van der Waals surface area contributed by atoms with Crippen molar-refractivity contribution in [1.82, 2.24) is 9.80 Å². The van der Waals surface area contributed by atoms with Crippen LogP contribution in [0.4, 0.5) is 4.79 Å². The van der Waals surface area contributed by atoms with Crippen molar-refractivity contribution in [3.8, 4) is 0 Å². The molecular formula is C9H14N2O2. The Labute approximate surface area is 77.5 Å². The van der Waals surface area contributed by atoms with Crippen molar-refractivity contribution in [3.05, 3.63) is 0 Å². The standard InChI is InChI=1S/C9H14N2O2/c1-6(7-3-4-7)11-8(12)5-10(2)9(11)13/h6-7H,3-5H2,1-2H3. The normalized spacial score (nSPS) is 25.7. The fraction of sp³-hybridized carbons (Fsp3) is 0.778. The number of hydrogen-bond acceptors (Lipinski definition) is 2. The summed E-state index contributed by atoms with van der Waals surface area (Å²) in [5.41, 5.74) is 0. The van der Waals surface area contributed by atoms with E-state index < -0.39 is 0 Å². The zero-order valence-corrected chi connectivity index (χ0v) is 7.99. The second-order valence-corrected chi connectivity index (χ2v) is 3.98. The minimum Gasteiger partial charge on any atom is -0.318 e. The molecule has 1 unspecified atom stereocenters. The molecule has 1 saturated heterocycles. The van der Waals surface area contributed by atoms with E-state index in [4.69, 9.17) is 0 Å². The van der Waals surface area contributed by atoms with E-state index in [0.29, 0.717) is 5.92 Å². The van der Waals surface area contributed by atoms with Gasteiger partial charge in [-0.1, -0.05) is 0 Å². The van der Waals surface area contributed by atoms with Gasteiger partial charge in [-0.25, -0.2) is 4.79 Å². The van der Waals surface area contributed by atoms with E-state index in [2.05, 4.69) is 0 Å². The highest BCUT2D eigenvalue weighted by atomic mass is 16.2. The maximum atomic E-state index is 11.5. The van der Waals surface area contributed by atoms with Crippen LogP contribution in [0.2, 0.25) is 0 Å². The minimum absolute atomic E-state index is 0.0492. The predicted octanol–water partition coefficient (Wildman–Crippen LogP) is 0.679. The fourth-order valence-corrected chi connectivity index (χ4v) is 1.83. The molecule has 3 amide bonds. The van der Waals surface area contributed by atoms with Crippen LogP contribution in [0.3, 0.4) is 0 Å². The van der Waals surface area contributed by atoms with Gasteiger partial charge in [-0.3, -0.25) is 9.69 Å². The minimum atomic E-state index is -0.135. The second kappa shape index (κ2) is 2.72. The van der Waals surface area contributed by atoms with Gasteiger partial charge in [0.25, 0.3) is 5.91 Å². The molecule has 72 valence electrons. The monoisotopic (exact) mass is 182 g/mol. The zero-order valence-electron chi connectivity index (χ0n) is 7.99. The Kier molecular flexibility index (Phi) is 1.78. The van der Waals surface area contributed by atoms with Gasteiger partial charge in [-0.05, 0) is 25.7 Å². The maximum absolute atomic E-state index is 11.5. The van der Waals surface area contributed by atoms with Crippen molar-refractivity contribution in [2.45, 2.75) is 25.8 Å². The number of nitrogens with zero attached hydrogens (tertiary/aromatic N) is 2. The molecule has 1 aliphatic carbocycles. The first kappa shape index (κ1) is 8.53. The Morgan fingerprint density at radius 2 is 2.00 bits per heavy atom. The van der Waals surface area contributed by atoms with Crippen LogP contribution in [0.1, 0.15) is 19.8 Å². The molecule has 2 aliphatic rings. The van der Waals surface area contributed by atoms with Crippen molar-refractivity contribution >= 4 is 11.9 Å². The predicted molar refractivity (Wildman–Crippen MR) is 47.1 cm³/mol. The number of urea groups is 1. The van der Waals surface area contributed by atoms with Crippen LogP contribution in [0.5, 0.6) is 0 Å². The average molecular weight is 182 g/mol. The Balaban J connectivity index is 2.12. The van der Waals surface area contributed by atoms with Crippen molar-refractivity contribution in [2.75, 3.05) is 13.6 Å². The molecule has 0 N–H and O–H groups in total. The van der Waals surface area contributed by atoms with Gasteiger partial charge < -0.3 is 4.90 Å². The first-order valence-corrected chi connectivity index (χ1v) is 4.68. The summed E-state index contributed by atoms with van der Waals surface area (Å²) >= 11 is 0. The average Bonchev–Trinajstić information content (AvgIpc) is 2.82. The number of carbonyl (C=O) groups is 2. The highest BCUT2D eigenvalue weighted by molar-refractivity contribution is 6.02. The van der Waals surface area contributed by atoms with Crippen molar-refractivity contribution in [3.63, 3.8) is 0 Å². The molecule has 1 aliphatic heterocycles. The lowest BCUT2D eigenvalue weighted by atomic mass is 10.2. The Morgan fingerprint density at radius 1 is 1.38 bits per heavy atom. The summed E-state index contributed by atoms with van der Waals surface area (Å²) in [6.07, 6.45) is 2.31. The third-order valence-corrected chi connectivity index (χ3v) is 2.89. The number of carbonyl (C=O) groups excluding carboxylic acids is 2. The van der Waals surface area contributed by atoms with Gasteiger partial charge in [0, 0.05) is 13.1 Å². The molecule has 13 heavy (non-hydrogen) atoms. The molecule has 0 aromatic heterocycles. The summed E-state index contributed by atoms with van der Waals surface area (Å²) in [5.74, 6) is 0.506. The lowest BCUT2D eigenvalue weighted by molar-refractivity contribution is -0.126. The van der Waals surface area contributed by atoms with Gasteiger partial charge in [0.15, 0.2) is 0 Å². The highest BCUT2D eigenvalue weighted by Gasteiger charge is 2.42. The third-order valence-electron chi connectivity index (χ3n) is 2.89. The van der Waals surface area contributed by atoms with Gasteiger partial charge >= 0.3 is 6.03 Å². The lowest BCUT2D eigenvalue weighted by Gasteiger charge is -2.21. The van der Waals surface area contributed by atoms with Gasteiger partial charge in [0.2, 0.25) is 0 Å². The molecular weight excluding hydrogens is 168 g/mol. The SMILES string of the molecule is CC(C1CC1)N1C(=O)CN(C)C1=O. The first-order chi connectivity index (χ1) is 6.11. The van der Waals surface area contributed by atoms with E-state index in [1.54, 1.807) is 7.05 Å². The van der Waals surface area contributed by atoms with E-state index in [-0.39, 0.29) is 24.5 Å². The van der Waals surface area contributed by atoms with Gasteiger partial charge in [0.05, 0.1) is 0 Å². The van der Waals surface area contributed by atoms with Crippen LogP contribution < -0.4 is 0 Å². The van der Waals surface area contributed by atoms with E-state index in [1.165, 1.54) is 9.80 Å². The Morgan fingerprint density at radius 3 is 2.38 bits per heavy atom. The molecule has 2 fully saturated rings. The molecule has 0 spiro atoms. The summed E-state index contributed by atoms with van der Waals surface area (Å²) < 4.78 is 0. The summed E-state index contributed by atoms with van der Waals surface area (Å²) in [7, 11) is 1.67. The summed E-state index contributed by atoms with van der Waals surface area (Å²) in [6, 6.07) is -0.0330. The number of amides is 3. The quantitative estimate of drug-likeness (QED) is 0.589.